The average molecular weight is 516 g/mol. The van der Waals surface area contributed by atoms with Crippen LogP contribution in [-0.4, -0.2) is 10.5 Å². The van der Waals surface area contributed by atoms with Gasteiger partial charge in [-0.3, -0.25) is 4.79 Å². The van der Waals surface area contributed by atoms with Gasteiger partial charge in [-0.2, -0.15) is 18.4 Å². The number of aromatic nitrogens is 1. The molecule has 0 aliphatic heterocycles. The number of hydrogen-bond donors (Lipinski definition) is 1. The predicted octanol–water partition coefficient (Wildman–Crippen LogP) is 7.24. The summed E-state index contributed by atoms with van der Waals surface area (Å²) < 4.78 is 46.8. The molecule has 1 N–H and O–H groups in total. The average Bonchev–Trinajstić information content (AvgIpc) is 3.18. The fourth-order valence-corrected chi connectivity index (χ4v) is 4.04. The van der Waals surface area contributed by atoms with Crippen LogP contribution in [-0.2, 0) is 17.6 Å². The number of amides is 1. The number of aryl methyl sites for hydroxylation is 1. The highest BCUT2D eigenvalue weighted by atomic mass is 19.4. The van der Waals surface area contributed by atoms with Crippen molar-refractivity contribution in [3.05, 3.63) is 119 Å². The van der Waals surface area contributed by atoms with Gasteiger partial charge in [0.2, 0.25) is 0 Å². The highest BCUT2D eigenvalue weighted by molar-refractivity contribution is 6.09. The second-order valence-corrected chi connectivity index (χ2v) is 8.63. The number of nitrogens with one attached hydrogen (secondary N) is 1. The molecule has 4 rings (SSSR count). The molecule has 3 aromatic carbocycles. The van der Waals surface area contributed by atoms with Crippen LogP contribution in [0.5, 0.6) is 5.75 Å². The first kappa shape index (κ1) is 26.3. The summed E-state index contributed by atoms with van der Waals surface area (Å²) in [5.74, 6) is -0.0743. The van der Waals surface area contributed by atoms with Crippen LogP contribution in [0.3, 0.4) is 0 Å². The van der Waals surface area contributed by atoms with E-state index in [2.05, 4.69) is 5.32 Å². The number of anilines is 1. The molecule has 0 fully saturated rings. The molecule has 1 aromatic heterocycles. The lowest BCUT2D eigenvalue weighted by Crippen LogP contribution is -2.14. The molecule has 0 aliphatic carbocycles. The van der Waals surface area contributed by atoms with Crippen LogP contribution < -0.4 is 10.1 Å². The van der Waals surface area contributed by atoms with Crippen LogP contribution in [0, 0.1) is 25.2 Å². The second-order valence-electron chi connectivity index (χ2n) is 8.63. The van der Waals surface area contributed by atoms with Crippen LogP contribution in [0.2, 0.25) is 0 Å². The van der Waals surface area contributed by atoms with Crippen LogP contribution in [0.1, 0.15) is 28.1 Å². The Bertz CT molecular complexity index is 1510. The van der Waals surface area contributed by atoms with Gasteiger partial charge in [-0.05, 0) is 79.6 Å². The van der Waals surface area contributed by atoms with Crippen molar-refractivity contribution in [3.8, 4) is 17.5 Å². The molecule has 0 unspecified atom stereocenters. The predicted molar refractivity (Wildman–Crippen MR) is 140 cm³/mol. The number of halogens is 3. The minimum absolute atomic E-state index is 0.0500. The Morgan fingerprint density at radius 3 is 2.37 bits per heavy atom. The molecule has 38 heavy (non-hydrogen) atoms. The van der Waals surface area contributed by atoms with E-state index in [1.807, 2.05) is 85.1 Å². The number of carbonyl (C=O) groups is 1. The number of rotatable bonds is 7. The minimum Gasteiger partial charge on any atom is -0.489 e. The van der Waals surface area contributed by atoms with E-state index in [0.717, 1.165) is 40.5 Å². The third-order valence-electron chi connectivity index (χ3n) is 5.93. The monoisotopic (exact) mass is 515 g/mol. The zero-order valence-electron chi connectivity index (χ0n) is 20.7. The van der Waals surface area contributed by atoms with Crippen LogP contribution in [0.25, 0.3) is 11.8 Å². The van der Waals surface area contributed by atoms with Gasteiger partial charge >= 0.3 is 6.18 Å². The normalized spacial score (nSPS) is 11.6. The number of alkyl halides is 3. The van der Waals surface area contributed by atoms with Crippen molar-refractivity contribution in [1.29, 1.82) is 5.26 Å². The fraction of sp³-hybridized carbons (Fsp3) is 0.133. The van der Waals surface area contributed by atoms with Gasteiger partial charge < -0.3 is 14.6 Å². The summed E-state index contributed by atoms with van der Waals surface area (Å²) in [5, 5.41) is 12.0. The molecule has 0 radical (unpaired) electrons. The molecular weight excluding hydrogens is 491 g/mol. The Morgan fingerprint density at radius 1 is 1.00 bits per heavy atom. The molecule has 0 spiro atoms. The molecule has 5 nitrogen and oxygen atoms in total. The Balaban J connectivity index is 1.52. The zero-order valence-corrected chi connectivity index (χ0v) is 20.7. The third kappa shape index (κ3) is 6.13. The molecule has 8 heteroatoms. The summed E-state index contributed by atoms with van der Waals surface area (Å²) in [7, 11) is 0. The lowest BCUT2D eigenvalue weighted by atomic mass is 10.1. The lowest BCUT2D eigenvalue weighted by molar-refractivity contribution is -0.137. The first-order chi connectivity index (χ1) is 18.2. The number of ether oxygens (including phenoxy) is 1. The maximum atomic E-state index is 13.0. The van der Waals surface area contributed by atoms with Crippen molar-refractivity contribution in [3.63, 3.8) is 0 Å². The molecule has 1 heterocycles. The second kappa shape index (κ2) is 11.1. The summed E-state index contributed by atoms with van der Waals surface area (Å²) >= 11 is 0. The van der Waals surface area contributed by atoms with Gasteiger partial charge in [0.15, 0.2) is 0 Å². The van der Waals surface area contributed by atoms with Crippen molar-refractivity contribution >= 4 is 17.7 Å². The Labute approximate surface area is 218 Å². The molecule has 0 saturated heterocycles. The number of carbonyl (C=O) groups excluding carboxylic acids is 1. The van der Waals surface area contributed by atoms with E-state index in [4.69, 9.17) is 4.74 Å². The summed E-state index contributed by atoms with van der Waals surface area (Å²) in [6.45, 7) is 4.22. The number of nitrogens with zero attached hydrogens (tertiary/aromatic N) is 2. The largest absolute Gasteiger partial charge is 0.489 e. The van der Waals surface area contributed by atoms with E-state index in [1.54, 1.807) is 0 Å². The van der Waals surface area contributed by atoms with Crippen LogP contribution in [0.15, 0.2) is 90.5 Å². The quantitative estimate of drug-likeness (QED) is 0.208. The van der Waals surface area contributed by atoms with Crippen molar-refractivity contribution in [1.82, 2.24) is 4.57 Å². The van der Waals surface area contributed by atoms with E-state index in [9.17, 15) is 23.2 Å². The van der Waals surface area contributed by atoms with Crippen LogP contribution >= 0.6 is 0 Å². The Hall–Kier alpha value is -4.77. The Kier molecular flexibility index (Phi) is 7.68. The highest BCUT2D eigenvalue weighted by Crippen LogP contribution is 2.31. The summed E-state index contributed by atoms with van der Waals surface area (Å²) in [6, 6.07) is 25.4. The van der Waals surface area contributed by atoms with Crippen molar-refractivity contribution in [2.75, 3.05) is 5.32 Å². The summed E-state index contributed by atoms with van der Waals surface area (Å²) in [6.07, 6.45) is -3.11. The smallest absolute Gasteiger partial charge is 0.416 e. The minimum atomic E-state index is -4.54. The van der Waals surface area contributed by atoms with Gasteiger partial charge in [0.25, 0.3) is 5.91 Å². The van der Waals surface area contributed by atoms with Gasteiger partial charge in [-0.25, -0.2) is 0 Å². The summed E-state index contributed by atoms with van der Waals surface area (Å²) in [4.78, 5) is 12.7. The zero-order chi connectivity index (χ0) is 27.3. The van der Waals surface area contributed by atoms with E-state index >= 15 is 0 Å². The fourth-order valence-electron chi connectivity index (χ4n) is 4.04. The first-order valence-electron chi connectivity index (χ1n) is 11.7. The van der Waals surface area contributed by atoms with Gasteiger partial charge in [0.1, 0.15) is 24.0 Å². The number of nitriles is 1. The van der Waals surface area contributed by atoms with Crippen molar-refractivity contribution < 1.29 is 22.7 Å². The van der Waals surface area contributed by atoms with E-state index in [1.165, 1.54) is 18.2 Å². The van der Waals surface area contributed by atoms with Gasteiger partial charge in [-0.15, -0.1) is 0 Å². The maximum Gasteiger partial charge on any atom is 0.416 e. The molecular formula is C30H24F3N3O2. The number of hydrogen-bond acceptors (Lipinski definition) is 3. The van der Waals surface area contributed by atoms with E-state index < -0.39 is 17.6 Å². The first-order valence-corrected chi connectivity index (χ1v) is 11.7. The number of benzene rings is 3. The third-order valence-corrected chi connectivity index (χ3v) is 5.93. The standard InChI is InChI=1S/C30H24F3N3O2/c1-20-15-23(16-24(18-34)29(37)35-26-10-6-9-25(17-26)30(31,32)33)21(2)36(20)27-11-13-28(14-12-27)38-19-22-7-4-3-5-8-22/h3-17H,19H2,1-2H3,(H,35,37)/b24-16-. The van der Waals surface area contributed by atoms with Crippen molar-refractivity contribution in [2.24, 2.45) is 0 Å². The van der Waals surface area contributed by atoms with E-state index in [0.29, 0.717) is 12.2 Å². The van der Waals surface area contributed by atoms with E-state index in [-0.39, 0.29) is 11.3 Å². The highest BCUT2D eigenvalue weighted by Gasteiger charge is 2.30. The summed E-state index contributed by atoms with van der Waals surface area (Å²) in [5.41, 5.74) is 3.08. The molecule has 0 bridgehead atoms. The molecule has 192 valence electrons. The molecule has 0 saturated carbocycles. The van der Waals surface area contributed by atoms with Crippen LogP contribution in [0.4, 0.5) is 18.9 Å². The lowest BCUT2D eigenvalue weighted by Gasteiger charge is -2.12. The van der Waals surface area contributed by atoms with Gasteiger partial charge in [0.05, 0.1) is 5.56 Å². The SMILES string of the molecule is Cc1cc(/C=C(/C#N)C(=O)Nc2cccc(C(F)(F)F)c2)c(C)n1-c1ccc(OCc2ccccc2)cc1. The van der Waals surface area contributed by atoms with Crippen molar-refractivity contribution in [2.45, 2.75) is 26.6 Å². The maximum absolute atomic E-state index is 13.0. The molecule has 4 aromatic rings. The molecule has 0 atom stereocenters. The molecule has 1 amide bonds. The van der Waals surface area contributed by atoms with Gasteiger partial charge in [-0.1, -0.05) is 36.4 Å². The molecule has 0 aliphatic rings. The van der Waals surface area contributed by atoms with Gasteiger partial charge in [0, 0.05) is 22.8 Å². The topological polar surface area (TPSA) is 67.0 Å². The Morgan fingerprint density at radius 2 is 1.71 bits per heavy atom.